The number of piperidine rings is 1. The Morgan fingerprint density at radius 1 is 1.53 bits per heavy atom. The van der Waals surface area contributed by atoms with Gasteiger partial charge in [-0.2, -0.15) is 17.0 Å². The average molecular weight is 292 g/mol. The van der Waals surface area contributed by atoms with E-state index in [9.17, 15) is 8.42 Å². The fourth-order valence-electron chi connectivity index (χ4n) is 2.08. The van der Waals surface area contributed by atoms with Gasteiger partial charge in [0.1, 0.15) is 5.84 Å². The van der Waals surface area contributed by atoms with Gasteiger partial charge < -0.3 is 10.9 Å². The van der Waals surface area contributed by atoms with Crippen LogP contribution in [0.4, 0.5) is 0 Å². The summed E-state index contributed by atoms with van der Waals surface area (Å²) in [5, 5.41) is 11.5. The topological polar surface area (TPSA) is 99.2 Å². The van der Waals surface area contributed by atoms with Crippen LogP contribution in [0.5, 0.6) is 0 Å². The second kappa shape index (κ2) is 6.53. The first-order valence-corrected chi connectivity index (χ1v) is 7.87. The fourth-order valence-corrected chi connectivity index (χ4v) is 3.56. The lowest BCUT2D eigenvalue weighted by Gasteiger charge is -2.33. The lowest BCUT2D eigenvalue weighted by atomic mass is 10.0. The van der Waals surface area contributed by atoms with Crippen LogP contribution in [0.3, 0.4) is 0 Å². The Bertz CT molecular complexity index is 416. The normalized spacial score (nSPS) is 21.8. The lowest BCUT2D eigenvalue weighted by molar-refractivity contribution is 0.267. The van der Waals surface area contributed by atoms with Crippen LogP contribution in [0, 0.1) is 11.8 Å². The Morgan fingerprint density at radius 3 is 2.53 bits per heavy atom. The lowest BCUT2D eigenvalue weighted by Crippen LogP contribution is -2.47. The van der Waals surface area contributed by atoms with Crippen LogP contribution in [0.25, 0.3) is 0 Å². The molecule has 1 atom stereocenters. The van der Waals surface area contributed by atoms with E-state index in [-0.39, 0.29) is 18.3 Å². The largest absolute Gasteiger partial charge is 0.409 e. The molecule has 1 saturated heterocycles. The molecule has 1 aliphatic heterocycles. The molecule has 1 heterocycles. The van der Waals surface area contributed by atoms with Crippen LogP contribution >= 0.6 is 0 Å². The molecule has 1 unspecified atom stereocenters. The zero-order chi connectivity index (χ0) is 14.6. The van der Waals surface area contributed by atoms with Crippen LogP contribution in [-0.4, -0.2) is 54.8 Å². The summed E-state index contributed by atoms with van der Waals surface area (Å²) >= 11 is 0. The standard InChI is InChI=1S/C11H24N4O3S/c1-9-4-6-15(7-5-9)19(17,18)14(3)8-10(2)11(12)13-16/h9-10,16H,4-8H2,1-3H3,(H2,12,13). The molecule has 0 aromatic carbocycles. The van der Waals surface area contributed by atoms with Crippen molar-refractivity contribution >= 4 is 16.0 Å². The predicted molar refractivity (Wildman–Crippen MR) is 74.1 cm³/mol. The van der Waals surface area contributed by atoms with E-state index in [1.165, 1.54) is 15.7 Å². The van der Waals surface area contributed by atoms with E-state index in [4.69, 9.17) is 10.9 Å². The second-order valence-electron chi connectivity index (χ2n) is 5.30. The molecule has 3 N–H and O–H groups in total. The van der Waals surface area contributed by atoms with Crippen molar-refractivity contribution in [2.75, 3.05) is 26.7 Å². The third kappa shape index (κ3) is 4.05. The summed E-state index contributed by atoms with van der Waals surface area (Å²) in [6.45, 7) is 5.18. The van der Waals surface area contributed by atoms with Gasteiger partial charge in [-0.3, -0.25) is 0 Å². The van der Waals surface area contributed by atoms with Gasteiger partial charge >= 0.3 is 0 Å². The maximum atomic E-state index is 12.3. The Kier molecular flexibility index (Phi) is 5.57. The zero-order valence-corrected chi connectivity index (χ0v) is 12.6. The first-order chi connectivity index (χ1) is 8.78. The Labute approximate surface area is 115 Å². The van der Waals surface area contributed by atoms with Crippen LogP contribution in [0.15, 0.2) is 5.16 Å². The van der Waals surface area contributed by atoms with Crippen molar-refractivity contribution < 1.29 is 13.6 Å². The number of amidine groups is 1. The third-order valence-corrected chi connectivity index (χ3v) is 5.57. The summed E-state index contributed by atoms with van der Waals surface area (Å²) in [7, 11) is -1.93. The molecule has 0 aromatic heterocycles. The number of hydrogen-bond acceptors (Lipinski definition) is 4. The molecule has 1 rings (SSSR count). The van der Waals surface area contributed by atoms with Gasteiger partial charge in [-0.05, 0) is 18.8 Å². The summed E-state index contributed by atoms with van der Waals surface area (Å²) in [6, 6.07) is 0. The average Bonchev–Trinajstić information content (AvgIpc) is 2.38. The van der Waals surface area contributed by atoms with E-state index in [0.29, 0.717) is 19.0 Å². The summed E-state index contributed by atoms with van der Waals surface area (Å²) in [5.41, 5.74) is 5.47. The van der Waals surface area contributed by atoms with Gasteiger partial charge in [-0.15, -0.1) is 0 Å². The molecule has 112 valence electrons. The van der Waals surface area contributed by atoms with Crippen molar-refractivity contribution in [1.29, 1.82) is 0 Å². The van der Waals surface area contributed by atoms with Crippen LogP contribution < -0.4 is 5.73 Å². The summed E-state index contributed by atoms with van der Waals surface area (Å²) < 4.78 is 27.5. The van der Waals surface area contributed by atoms with E-state index in [1.54, 1.807) is 6.92 Å². The monoisotopic (exact) mass is 292 g/mol. The van der Waals surface area contributed by atoms with Gasteiger partial charge in [0.25, 0.3) is 10.2 Å². The van der Waals surface area contributed by atoms with Crippen molar-refractivity contribution in [2.24, 2.45) is 22.7 Å². The summed E-state index contributed by atoms with van der Waals surface area (Å²) in [4.78, 5) is 0. The number of rotatable bonds is 5. The maximum absolute atomic E-state index is 12.3. The molecule has 0 aliphatic carbocycles. The highest BCUT2D eigenvalue weighted by molar-refractivity contribution is 7.86. The van der Waals surface area contributed by atoms with E-state index in [2.05, 4.69) is 12.1 Å². The van der Waals surface area contributed by atoms with Crippen molar-refractivity contribution in [2.45, 2.75) is 26.7 Å². The predicted octanol–water partition coefficient (Wildman–Crippen LogP) is 0.277. The van der Waals surface area contributed by atoms with Crippen molar-refractivity contribution in [3.05, 3.63) is 0 Å². The van der Waals surface area contributed by atoms with E-state index < -0.39 is 10.2 Å². The Balaban J connectivity index is 2.66. The molecular weight excluding hydrogens is 268 g/mol. The van der Waals surface area contributed by atoms with Gasteiger partial charge in [-0.1, -0.05) is 19.0 Å². The molecule has 1 aliphatic rings. The SMILES string of the molecule is CC1CCN(S(=O)(=O)N(C)CC(C)/C(N)=N/O)CC1. The van der Waals surface area contributed by atoms with Gasteiger partial charge in [0.05, 0.1) is 0 Å². The van der Waals surface area contributed by atoms with Gasteiger partial charge in [0, 0.05) is 32.6 Å². The number of oxime groups is 1. The highest BCUT2D eigenvalue weighted by Crippen LogP contribution is 2.20. The minimum absolute atomic E-state index is 0.0364. The van der Waals surface area contributed by atoms with Gasteiger partial charge in [0.15, 0.2) is 0 Å². The molecule has 7 nitrogen and oxygen atoms in total. The van der Waals surface area contributed by atoms with Crippen LogP contribution in [0.2, 0.25) is 0 Å². The van der Waals surface area contributed by atoms with E-state index in [0.717, 1.165) is 12.8 Å². The first-order valence-electron chi connectivity index (χ1n) is 6.47. The molecule has 19 heavy (non-hydrogen) atoms. The molecule has 8 heteroatoms. The molecule has 1 fully saturated rings. The maximum Gasteiger partial charge on any atom is 0.281 e. The molecule has 0 saturated carbocycles. The number of nitrogens with zero attached hydrogens (tertiary/aromatic N) is 3. The van der Waals surface area contributed by atoms with E-state index >= 15 is 0 Å². The molecule has 0 bridgehead atoms. The fraction of sp³-hybridized carbons (Fsp3) is 0.909. The Hall–Kier alpha value is -0.860. The summed E-state index contributed by atoms with van der Waals surface area (Å²) in [6.07, 6.45) is 1.78. The molecule has 0 aromatic rings. The van der Waals surface area contributed by atoms with Crippen molar-refractivity contribution in [3.8, 4) is 0 Å². The molecule has 0 amide bonds. The second-order valence-corrected chi connectivity index (χ2v) is 7.33. The minimum Gasteiger partial charge on any atom is -0.409 e. The Morgan fingerprint density at radius 2 is 2.05 bits per heavy atom. The first kappa shape index (κ1) is 16.2. The van der Waals surface area contributed by atoms with Gasteiger partial charge in [0.2, 0.25) is 0 Å². The highest BCUT2D eigenvalue weighted by Gasteiger charge is 2.30. The zero-order valence-electron chi connectivity index (χ0n) is 11.8. The highest BCUT2D eigenvalue weighted by atomic mass is 32.2. The molecule has 0 radical (unpaired) electrons. The molecule has 0 spiro atoms. The minimum atomic E-state index is -3.45. The van der Waals surface area contributed by atoms with E-state index in [1.807, 2.05) is 0 Å². The van der Waals surface area contributed by atoms with Crippen LogP contribution in [-0.2, 0) is 10.2 Å². The summed E-state index contributed by atoms with van der Waals surface area (Å²) in [5.74, 6) is 0.288. The number of nitrogens with two attached hydrogens (primary N) is 1. The third-order valence-electron chi connectivity index (χ3n) is 3.61. The number of hydrogen-bond donors (Lipinski definition) is 2. The smallest absolute Gasteiger partial charge is 0.281 e. The quantitative estimate of drug-likeness (QED) is 0.329. The molecular formula is C11H24N4O3S. The van der Waals surface area contributed by atoms with Crippen LogP contribution in [0.1, 0.15) is 26.7 Å². The van der Waals surface area contributed by atoms with Crippen molar-refractivity contribution in [3.63, 3.8) is 0 Å². The van der Waals surface area contributed by atoms with Crippen molar-refractivity contribution in [1.82, 2.24) is 8.61 Å². The van der Waals surface area contributed by atoms with Gasteiger partial charge in [-0.25, -0.2) is 0 Å².